The Morgan fingerprint density at radius 3 is 2.80 bits per heavy atom. The first-order valence-corrected chi connectivity index (χ1v) is 9.93. The molecule has 0 radical (unpaired) electrons. The van der Waals surface area contributed by atoms with E-state index in [2.05, 4.69) is 20.8 Å². The summed E-state index contributed by atoms with van der Waals surface area (Å²) in [5.41, 5.74) is 1.93. The molecule has 0 spiro atoms. The van der Waals surface area contributed by atoms with Crippen LogP contribution in [0.15, 0.2) is 48.5 Å². The summed E-state index contributed by atoms with van der Waals surface area (Å²) < 4.78 is 19.0. The van der Waals surface area contributed by atoms with Crippen LogP contribution in [0.5, 0.6) is 17.5 Å². The minimum Gasteiger partial charge on any atom is -1.00 e. The second-order valence-corrected chi connectivity index (χ2v) is 6.79. The summed E-state index contributed by atoms with van der Waals surface area (Å²) in [6, 6.07) is 15.8. The molecule has 2 aromatic carbocycles. The Bertz CT molecular complexity index is 916. The minimum absolute atomic E-state index is 0. The van der Waals surface area contributed by atoms with Gasteiger partial charge in [-0.1, -0.05) is 29.4 Å². The summed E-state index contributed by atoms with van der Waals surface area (Å²) in [7, 11) is 0. The Balaban J connectivity index is 0.00000256. The maximum atomic E-state index is 5.99. The number of rotatable bonds is 9. The molecule has 0 saturated carbocycles. The molecule has 1 aliphatic rings. The van der Waals surface area contributed by atoms with Crippen molar-refractivity contribution in [2.75, 3.05) is 19.8 Å². The lowest BCUT2D eigenvalue weighted by Crippen LogP contribution is -3.00. The van der Waals surface area contributed by atoms with Crippen LogP contribution in [0.1, 0.15) is 25.3 Å². The molecule has 1 saturated heterocycles. The van der Waals surface area contributed by atoms with Crippen molar-refractivity contribution < 1.29 is 26.6 Å². The highest BCUT2D eigenvalue weighted by Gasteiger charge is 2.16. The first-order valence-electron chi connectivity index (χ1n) is 9.93. The van der Waals surface area contributed by atoms with Crippen LogP contribution in [0.25, 0.3) is 5.69 Å². The van der Waals surface area contributed by atoms with Gasteiger partial charge in [0, 0.05) is 19.7 Å². The van der Waals surface area contributed by atoms with Crippen LogP contribution in [0.2, 0.25) is 0 Å². The minimum atomic E-state index is 0. The van der Waals surface area contributed by atoms with E-state index in [0.29, 0.717) is 24.2 Å². The molecule has 0 aliphatic carbocycles. The van der Waals surface area contributed by atoms with E-state index in [0.717, 1.165) is 43.8 Å². The molecule has 1 atom stereocenters. The van der Waals surface area contributed by atoms with Crippen molar-refractivity contribution >= 4 is 0 Å². The van der Waals surface area contributed by atoms with Crippen molar-refractivity contribution in [3.05, 3.63) is 54.1 Å². The number of benzene rings is 2. The number of hydrogen-bond acceptors (Lipinski definition) is 7. The number of nitrogens with one attached hydrogen (secondary N) is 1. The highest BCUT2D eigenvalue weighted by molar-refractivity contribution is 5.44. The molecule has 9 heteroatoms. The van der Waals surface area contributed by atoms with Crippen LogP contribution >= 0.6 is 0 Å². The van der Waals surface area contributed by atoms with Crippen molar-refractivity contribution in [3.8, 4) is 23.2 Å². The molecule has 1 aromatic heterocycles. The fourth-order valence-electron chi connectivity index (χ4n) is 3.27. The average Bonchev–Trinajstić information content (AvgIpc) is 3.43. The summed E-state index contributed by atoms with van der Waals surface area (Å²) in [5.74, 6) is 1.23. The zero-order valence-corrected chi connectivity index (χ0v) is 17.6. The lowest BCUT2D eigenvalue weighted by molar-refractivity contribution is -0.00000838. The number of halogens is 1. The fraction of sp³-hybridized carbons (Fsp3) is 0.381. The summed E-state index contributed by atoms with van der Waals surface area (Å²) in [4.78, 5) is 0. The van der Waals surface area contributed by atoms with Gasteiger partial charge in [-0.15, -0.1) is 0 Å². The summed E-state index contributed by atoms with van der Waals surface area (Å²) in [6.07, 6.45) is 2.59. The zero-order valence-electron chi connectivity index (χ0n) is 16.8. The largest absolute Gasteiger partial charge is 1.00 e. The van der Waals surface area contributed by atoms with E-state index in [1.54, 1.807) is 4.68 Å². The van der Waals surface area contributed by atoms with Gasteiger partial charge in [0.05, 0.1) is 18.4 Å². The fourth-order valence-corrected chi connectivity index (χ4v) is 3.27. The smallest absolute Gasteiger partial charge is 0.346 e. The molecule has 1 fully saturated rings. The molecule has 1 unspecified atom stereocenters. The molecule has 3 aromatic rings. The third-order valence-corrected chi connectivity index (χ3v) is 4.68. The van der Waals surface area contributed by atoms with Crippen LogP contribution in [0.4, 0.5) is 0 Å². The third-order valence-electron chi connectivity index (χ3n) is 4.68. The van der Waals surface area contributed by atoms with E-state index in [1.807, 2.05) is 55.5 Å². The monoisotopic (exact) mass is 430 g/mol. The predicted molar refractivity (Wildman–Crippen MR) is 108 cm³/mol. The quantitative estimate of drug-likeness (QED) is 0.516. The number of para-hydroxylation sites is 1. The lowest BCUT2D eigenvalue weighted by Gasteiger charge is -2.14. The number of tetrazole rings is 1. The SMILES string of the molecule is CCOc1cc(CNCC2CCCO2)ccc1Oc1nnnn1-c1ccccc1.[Cl-]. The third kappa shape index (κ3) is 5.47. The van der Waals surface area contributed by atoms with Crippen molar-refractivity contribution in [3.63, 3.8) is 0 Å². The maximum absolute atomic E-state index is 5.99. The van der Waals surface area contributed by atoms with E-state index in [9.17, 15) is 0 Å². The summed E-state index contributed by atoms with van der Waals surface area (Å²) in [6.45, 7) is 4.94. The molecule has 1 aliphatic heterocycles. The molecule has 30 heavy (non-hydrogen) atoms. The lowest BCUT2D eigenvalue weighted by atomic mass is 10.2. The Labute approximate surface area is 181 Å². The van der Waals surface area contributed by atoms with Gasteiger partial charge in [0.2, 0.25) is 0 Å². The average molecular weight is 431 g/mol. The molecule has 2 heterocycles. The standard InChI is InChI=1S/C21H25N5O3.ClH/c1-2-27-20-13-16(14-22-15-18-9-6-12-28-18)10-11-19(20)29-21-23-24-25-26(21)17-7-4-3-5-8-17;/h3-5,7-8,10-11,13,18,22H,2,6,9,12,14-15H2,1H3;1H/p-1. The first kappa shape index (κ1) is 22.0. The normalized spacial score (nSPS) is 15.6. The molecule has 4 rings (SSSR count). The Morgan fingerprint density at radius 2 is 2.03 bits per heavy atom. The van der Waals surface area contributed by atoms with Gasteiger partial charge in [0.15, 0.2) is 11.5 Å². The molecular formula is C21H25ClN5O3-. The van der Waals surface area contributed by atoms with E-state index < -0.39 is 0 Å². The van der Waals surface area contributed by atoms with Gasteiger partial charge < -0.3 is 31.9 Å². The van der Waals surface area contributed by atoms with Gasteiger partial charge in [-0.2, -0.15) is 4.68 Å². The van der Waals surface area contributed by atoms with Crippen molar-refractivity contribution in [2.24, 2.45) is 0 Å². The number of nitrogens with zero attached hydrogens (tertiary/aromatic N) is 4. The van der Waals surface area contributed by atoms with Crippen LogP contribution in [-0.2, 0) is 11.3 Å². The molecular weight excluding hydrogens is 406 g/mol. The van der Waals surface area contributed by atoms with E-state index in [-0.39, 0.29) is 18.4 Å². The van der Waals surface area contributed by atoms with Crippen molar-refractivity contribution in [1.29, 1.82) is 0 Å². The predicted octanol–water partition coefficient (Wildman–Crippen LogP) is 0.126. The van der Waals surface area contributed by atoms with Gasteiger partial charge >= 0.3 is 6.01 Å². The van der Waals surface area contributed by atoms with Crippen molar-refractivity contribution in [1.82, 2.24) is 25.5 Å². The highest BCUT2D eigenvalue weighted by atomic mass is 35.5. The molecule has 1 N–H and O–H groups in total. The topological polar surface area (TPSA) is 83.3 Å². The number of hydrogen-bond donors (Lipinski definition) is 1. The molecule has 0 bridgehead atoms. The second-order valence-electron chi connectivity index (χ2n) is 6.79. The zero-order chi connectivity index (χ0) is 19.9. The van der Waals surface area contributed by atoms with Gasteiger partial charge in [0.25, 0.3) is 0 Å². The number of aromatic nitrogens is 4. The van der Waals surface area contributed by atoms with Crippen LogP contribution < -0.4 is 27.2 Å². The molecule has 160 valence electrons. The second kappa shape index (κ2) is 10.9. The number of ether oxygens (including phenoxy) is 3. The summed E-state index contributed by atoms with van der Waals surface area (Å²) in [5, 5.41) is 15.2. The van der Waals surface area contributed by atoms with Gasteiger partial charge in [0.1, 0.15) is 0 Å². The van der Waals surface area contributed by atoms with E-state index in [1.165, 1.54) is 0 Å². The Hall–Kier alpha value is -2.68. The first-order chi connectivity index (χ1) is 14.3. The Morgan fingerprint density at radius 1 is 1.17 bits per heavy atom. The van der Waals surface area contributed by atoms with Gasteiger partial charge in [-0.05, 0) is 60.0 Å². The van der Waals surface area contributed by atoms with Crippen molar-refractivity contribution in [2.45, 2.75) is 32.4 Å². The molecule has 8 nitrogen and oxygen atoms in total. The van der Waals surface area contributed by atoms with Crippen LogP contribution in [-0.4, -0.2) is 46.1 Å². The van der Waals surface area contributed by atoms with Gasteiger partial charge in [-0.3, -0.25) is 0 Å². The van der Waals surface area contributed by atoms with Gasteiger partial charge in [-0.25, -0.2) is 0 Å². The maximum Gasteiger partial charge on any atom is 0.346 e. The highest BCUT2D eigenvalue weighted by Crippen LogP contribution is 2.32. The van der Waals surface area contributed by atoms with E-state index in [4.69, 9.17) is 14.2 Å². The Kier molecular flexibility index (Phi) is 8.01. The molecule has 0 amide bonds. The van der Waals surface area contributed by atoms with Crippen LogP contribution in [0, 0.1) is 0 Å². The summed E-state index contributed by atoms with van der Waals surface area (Å²) >= 11 is 0. The van der Waals surface area contributed by atoms with Crippen LogP contribution in [0.3, 0.4) is 0 Å². The van der Waals surface area contributed by atoms with E-state index >= 15 is 0 Å².